The number of carboxylic acids is 1. The number of likely N-dealkylation sites (tertiary alicyclic amines) is 1. The second-order valence-corrected chi connectivity index (χ2v) is 3.62. The zero-order valence-electron chi connectivity index (χ0n) is 8.53. The van der Waals surface area contributed by atoms with Crippen LogP contribution in [0, 0.1) is 0 Å². The molecule has 0 atom stereocenters. The molecule has 0 amide bonds. The standard InChI is InChI=1S/C10H17NO3/c1-8(10(12)13)7-11-5-3-9(14-2)4-6-11/h9H,1,3-7H2,2H3,(H,12,13). The highest BCUT2D eigenvalue weighted by Gasteiger charge is 2.19. The predicted octanol–water partition coefficient (Wildman–Crippen LogP) is 0.738. The molecular formula is C10H17NO3. The van der Waals surface area contributed by atoms with Crippen molar-refractivity contribution in [1.82, 2.24) is 4.90 Å². The van der Waals surface area contributed by atoms with E-state index in [0.29, 0.717) is 12.6 Å². The highest BCUT2D eigenvalue weighted by molar-refractivity contribution is 5.86. The average Bonchev–Trinajstić information content (AvgIpc) is 2.19. The van der Waals surface area contributed by atoms with Crippen LogP contribution in [0.25, 0.3) is 0 Å². The fourth-order valence-electron chi connectivity index (χ4n) is 1.64. The Morgan fingerprint density at radius 2 is 2.14 bits per heavy atom. The molecular weight excluding hydrogens is 182 g/mol. The van der Waals surface area contributed by atoms with Crippen LogP contribution in [0.2, 0.25) is 0 Å². The molecule has 0 bridgehead atoms. The van der Waals surface area contributed by atoms with Crippen LogP contribution in [-0.4, -0.2) is 48.8 Å². The Labute approximate surface area is 84.2 Å². The van der Waals surface area contributed by atoms with Gasteiger partial charge in [-0.2, -0.15) is 0 Å². The monoisotopic (exact) mass is 199 g/mol. The third-order valence-electron chi connectivity index (χ3n) is 2.58. The van der Waals surface area contributed by atoms with Crippen molar-refractivity contribution in [3.63, 3.8) is 0 Å². The Morgan fingerprint density at radius 1 is 1.57 bits per heavy atom. The van der Waals surface area contributed by atoms with Gasteiger partial charge in [-0.1, -0.05) is 6.58 Å². The minimum absolute atomic E-state index is 0.265. The lowest BCUT2D eigenvalue weighted by Crippen LogP contribution is -2.38. The lowest BCUT2D eigenvalue weighted by molar-refractivity contribution is -0.132. The van der Waals surface area contributed by atoms with E-state index in [4.69, 9.17) is 9.84 Å². The Balaban J connectivity index is 2.29. The smallest absolute Gasteiger partial charge is 0.332 e. The molecule has 0 spiro atoms. The van der Waals surface area contributed by atoms with Crippen LogP contribution in [0.1, 0.15) is 12.8 Å². The second kappa shape index (κ2) is 5.12. The van der Waals surface area contributed by atoms with Crippen molar-refractivity contribution in [3.8, 4) is 0 Å². The first-order valence-electron chi connectivity index (χ1n) is 4.79. The van der Waals surface area contributed by atoms with Gasteiger partial charge in [0, 0.05) is 32.3 Å². The Bertz CT molecular complexity index is 219. The zero-order chi connectivity index (χ0) is 10.6. The van der Waals surface area contributed by atoms with Crippen molar-refractivity contribution in [3.05, 3.63) is 12.2 Å². The molecule has 1 fully saturated rings. The Kier molecular flexibility index (Phi) is 4.10. The zero-order valence-corrected chi connectivity index (χ0v) is 8.53. The molecule has 0 radical (unpaired) electrons. The topological polar surface area (TPSA) is 49.8 Å². The van der Waals surface area contributed by atoms with E-state index >= 15 is 0 Å². The third kappa shape index (κ3) is 3.12. The fraction of sp³-hybridized carbons (Fsp3) is 0.700. The van der Waals surface area contributed by atoms with Crippen LogP contribution in [0.5, 0.6) is 0 Å². The van der Waals surface area contributed by atoms with Crippen LogP contribution in [0.3, 0.4) is 0 Å². The molecule has 1 rings (SSSR count). The highest BCUT2D eigenvalue weighted by atomic mass is 16.5. The summed E-state index contributed by atoms with van der Waals surface area (Å²) in [4.78, 5) is 12.6. The van der Waals surface area contributed by atoms with Crippen molar-refractivity contribution >= 4 is 5.97 Å². The van der Waals surface area contributed by atoms with Gasteiger partial charge in [0.2, 0.25) is 0 Å². The van der Waals surface area contributed by atoms with Gasteiger partial charge < -0.3 is 9.84 Å². The average molecular weight is 199 g/mol. The van der Waals surface area contributed by atoms with E-state index in [0.717, 1.165) is 25.9 Å². The summed E-state index contributed by atoms with van der Waals surface area (Å²) < 4.78 is 5.23. The number of nitrogens with zero attached hydrogens (tertiary/aromatic N) is 1. The van der Waals surface area contributed by atoms with E-state index in [1.165, 1.54) is 0 Å². The SMILES string of the molecule is C=C(CN1CCC(OC)CC1)C(=O)O. The van der Waals surface area contributed by atoms with Gasteiger partial charge in [-0.25, -0.2) is 4.79 Å². The van der Waals surface area contributed by atoms with Gasteiger partial charge in [0.1, 0.15) is 0 Å². The molecule has 0 aromatic heterocycles. The lowest BCUT2D eigenvalue weighted by atomic mass is 10.1. The molecule has 0 aliphatic carbocycles. The molecule has 80 valence electrons. The maximum atomic E-state index is 10.5. The molecule has 0 unspecified atom stereocenters. The molecule has 0 saturated carbocycles. The van der Waals surface area contributed by atoms with Gasteiger partial charge in [-0.3, -0.25) is 4.90 Å². The summed E-state index contributed by atoms with van der Waals surface area (Å²) in [5, 5.41) is 8.66. The summed E-state index contributed by atoms with van der Waals surface area (Å²) in [6.45, 7) is 5.77. The number of aliphatic carboxylic acids is 1. The number of hydrogen-bond donors (Lipinski definition) is 1. The molecule has 1 aliphatic rings. The number of rotatable bonds is 4. The molecule has 1 aliphatic heterocycles. The Morgan fingerprint density at radius 3 is 2.57 bits per heavy atom. The van der Waals surface area contributed by atoms with Crippen molar-refractivity contribution in [2.24, 2.45) is 0 Å². The first-order chi connectivity index (χ1) is 6.63. The second-order valence-electron chi connectivity index (χ2n) is 3.62. The van der Waals surface area contributed by atoms with Gasteiger partial charge in [0.25, 0.3) is 0 Å². The van der Waals surface area contributed by atoms with Crippen LogP contribution in [0.4, 0.5) is 0 Å². The maximum Gasteiger partial charge on any atom is 0.332 e. The van der Waals surface area contributed by atoms with Crippen LogP contribution >= 0.6 is 0 Å². The largest absolute Gasteiger partial charge is 0.478 e. The fourth-order valence-corrected chi connectivity index (χ4v) is 1.64. The predicted molar refractivity (Wildman–Crippen MR) is 53.2 cm³/mol. The first kappa shape index (κ1) is 11.2. The number of methoxy groups -OCH3 is 1. The minimum atomic E-state index is -0.904. The van der Waals surface area contributed by atoms with Gasteiger partial charge in [0.05, 0.1) is 6.10 Å². The van der Waals surface area contributed by atoms with Crippen molar-refractivity contribution in [1.29, 1.82) is 0 Å². The van der Waals surface area contributed by atoms with Crippen LogP contribution in [-0.2, 0) is 9.53 Å². The number of carbonyl (C=O) groups is 1. The van der Waals surface area contributed by atoms with E-state index in [2.05, 4.69) is 11.5 Å². The number of carboxylic acid groups (broad SMARTS) is 1. The summed E-state index contributed by atoms with van der Waals surface area (Å²) in [6, 6.07) is 0. The van der Waals surface area contributed by atoms with Crippen LogP contribution < -0.4 is 0 Å². The molecule has 1 N–H and O–H groups in total. The molecule has 1 saturated heterocycles. The summed E-state index contributed by atoms with van der Waals surface area (Å²) >= 11 is 0. The van der Waals surface area contributed by atoms with Gasteiger partial charge in [-0.15, -0.1) is 0 Å². The molecule has 1 heterocycles. The summed E-state index contributed by atoms with van der Waals surface area (Å²) in [6.07, 6.45) is 2.29. The molecule has 0 aromatic carbocycles. The van der Waals surface area contributed by atoms with Gasteiger partial charge in [-0.05, 0) is 12.8 Å². The van der Waals surface area contributed by atoms with E-state index in [9.17, 15) is 4.79 Å². The van der Waals surface area contributed by atoms with Crippen molar-refractivity contribution in [2.45, 2.75) is 18.9 Å². The van der Waals surface area contributed by atoms with Crippen molar-refractivity contribution < 1.29 is 14.6 Å². The summed E-state index contributed by atoms with van der Waals surface area (Å²) in [5.41, 5.74) is 0.265. The highest BCUT2D eigenvalue weighted by Crippen LogP contribution is 2.13. The number of ether oxygens (including phenoxy) is 1. The summed E-state index contributed by atoms with van der Waals surface area (Å²) in [5.74, 6) is -0.904. The minimum Gasteiger partial charge on any atom is -0.478 e. The van der Waals surface area contributed by atoms with Crippen molar-refractivity contribution in [2.75, 3.05) is 26.7 Å². The maximum absolute atomic E-state index is 10.5. The normalized spacial score (nSPS) is 19.5. The van der Waals surface area contributed by atoms with E-state index in [1.54, 1.807) is 7.11 Å². The van der Waals surface area contributed by atoms with Gasteiger partial charge >= 0.3 is 5.97 Å². The number of piperidine rings is 1. The first-order valence-corrected chi connectivity index (χ1v) is 4.79. The number of hydrogen-bond acceptors (Lipinski definition) is 3. The van der Waals surface area contributed by atoms with E-state index < -0.39 is 5.97 Å². The Hall–Kier alpha value is -0.870. The molecule has 14 heavy (non-hydrogen) atoms. The van der Waals surface area contributed by atoms with E-state index in [-0.39, 0.29) is 5.57 Å². The van der Waals surface area contributed by atoms with E-state index in [1.807, 2.05) is 0 Å². The quantitative estimate of drug-likeness (QED) is 0.678. The summed E-state index contributed by atoms with van der Waals surface area (Å²) in [7, 11) is 1.72. The molecule has 0 aromatic rings. The third-order valence-corrected chi connectivity index (χ3v) is 2.58. The molecule has 4 heteroatoms. The molecule has 4 nitrogen and oxygen atoms in total. The lowest BCUT2D eigenvalue weighted by Gasteiger charge is -2.30. The van der Waals surface area contributed by atoms with Gasteiger partial charge in [0.15, 0.2) is 0 Å². The van der Waals surface area contributed by atoms with Crippen LogP contribution in [0.15, 0.2) is 12.2 Å².